The highest BCUT2D eigenvalue weighted by atomic mass is 16.1. The van der Waals surface area contributed by atoms with E-state index in [0.29, 0.717) is 17.7 Å². The quantitative estimate of drug-likeness (QED) is 0.921. The maximum Gasteiger partial charge on any atom is 0.251 e. The van der Waals surface area contributed by atoms with Gasteiger partial charge in [0.15, 0.2) is 0 Å². The molecule has 1 aromatic heterocycles. The number of carbonyl (C=O) groups excluding carboxylic acids is 1. The molecule has 1 heterocycles. The first-order valence-corrected chi connectivity index (χ1v) is 7.29. The average Bonchev–Trinajstić information content (AvgIpc) is 2.82. The summed E-state index contributed by atoms with van der Waals surface area (Å²) in [6.07, 6.45) is 0. The van der Waals surface area contributed by atoms with Crippen LogP contribution in [-0.2, 0) is 6.54 Å². The number of aryl methyl sites for hydroxylation is 2. The van der Waals surface area contributed by atoms with E-state index in [-0.39, 0.29) is 11.8 Å². The number of nitrogens with zero attached hydrogens (tertiary/aromatic N) is 3. The summed E-state index contributed by atoms with van der Waals surface area (Å²) in [7, 11) is 0. The fraction of sp³-hybridized carbons (Fsp3) is 0.353. The third-order valence-corrected chi connectivity index (χ3v) is 3.45. The highest BCUT2D eigenvalue weighted by Gasteiger charge is 2.10. The molecular weight excluding hydrogens is 276 g/mol. The van der Waals surface area contributed by atoms with Crippen molar-refractivity contribution in [2.45, 2.75) is 27.3 Å². The van der Waals surface area contributed by atoms with Crippen LogP contribution in [0.2, 0.25) is 0 Å². The predicted octanol–water partition coefficient (Wildman–Crippen LogP) is 2.44. The summed E-state index contributed by atoms with van der Waals surface area (Å²) in [5, 5.41) is 16.2. The first-order chi connectivity index (χ1) is 10.5. The van der Waals surface area contributed by atoms with E-state index in [2.05, 4.69) is 17.3 Å². The molecule has 0 aliphatic heterocycles. The number of aromatic nitrogens is 2. The molecule has 1 amide bonds. The Balaban J connectivity index is 1.90. The minimum Gasteiger partial charge on any atom is -0.352 e. The van der Waals surface area contributed by atoms with Crippen LogP contribution in [0.1, 0.15) is 34.2 Å². The molecule has 5 nitrogen and oxygen atoms in total. The van der Waals surface area contributed by atoms with Gasteiger partial charge in [-0.25, -0.2) is 0 Å². The van der Waals surface area contributed by atoms with Gasteiger partial charge in [0.2, 0.25) is 0 Å². The molecule has 0 spiro atoms. The molecule has 1 N–H and O–H groups in total. The van der Waals surface area contributed by atoms with Crippen LogP contribution < -0.4 is 5.32 Å². The highest BCUT2D eigenvalue weighted by molar-refractivity contribution is 5.94. The van der Waals surface area contributed by atoms with E-state index in [9.17, 15) is 4.79 Å². The van der Waals surface area contributed by atoms with Crippen LogP contribution in [0.25, 0.3) is 0 Å². The fourth-order valence-corrected chi connectivity index (χ4v) is 2.32. The minimum absolute atomic E-state index is 0.155. The van der Waals surface area contributed by atoms with Crippen molar-refractivity contribution in [3.63, 3.8) is 0 Å². The number of benzene rings is 1. The lowest BCUT2D eigenvalue weighted by molar-refractivity contribution is 0.0946. The molecule has 0 saturated heterocycles. The van der Waals surface area contributed by atoms with E-state index in [4.69, 9.17) is 5.26 Å². The van der Waals surface area contributed by atoms with Crippen molar-refractivity contribution in [1.82, 2.24) is 15.1 Å². The first-order valence-electron chi connectivity index (χ1n) is 7.29. The molecule has 0 fully saturated rings. The van der Waals surface area contributed by atoms with E-state index in [1.807, 2.05) is 30.7 Å². The average molecular weight is 296 g/mol. The molecule has 0 saturated carbocycles. The summed E-state index contributed by atoms with van der Waals surface area (Å²) in [5.41, 5.74) is 3.13. The van der Waals surface area contributed by atoms with E-state index in [1.54, 1.807) is 24.3 Å². The summed E-state index contributed by atoms with van der Waals surface area (Å²) in [6.45, 7) is 7.39. The van der Waals surface area contributed by atoms with Gasteiger partial charge < -0.3 is 5.32 Å². The Bertz CT molecular complexity index is 712. The van der Waals surface area contributed by atoms with Gasteiger partial charge in [-0.2, -0.15) is 10.4 Å². The van der Waals surface area contributed by atoms with Crippen molar-refractivity contribution in [1.29, 1.82) is 5.26 Å². The van der Waals surface area contributed by atoms with Crippen LogP contribution in [0.15, 0.2) is 30.3 Å². The molecule has 0 aliphatic rings. The second-order valence-corrected chi connectivity index (χ2v) is 5.62. The maximum absolute atomic E-state index is 12.1. The van der Waals surface area contributed by atoms with Crippen molar-refractivity contribution in [3.8, 4) is 6.07 Å². The largest absolute Gasteiger partial charge is 0.352 e. The first kappa shape index (κ1) is 15.8. The fourth-order valence-electron chi connectivity index (χ4n) is 2.32. The summed E-state index contributed by atoms with van der Waals surface area (Å²) in [5.74, 6) is 0.110. The van der Waals surface area contributed by atoms with Gasteiger partial charge in [-0.3, -0.25) is 9.48 Å². The Morgan fingerprint density at radius 1 is 1.41 bits per heavy atom. The SMILES string of the molecule is Cc1cc(C)n(C[C@@H](C)CNC(=O)c2cccc(C#N)c2)n1. The monoisotopic (exact) mass is 296 g/mol. The number of rotatable bonds is 5. The van der Waals surface area contributed by atoms with Crippen molar-refractivity contribution in [2.75, 3.05) is 6.54 Å². The highest BCUT2D eigenvalue weighted by Crippen LogP contribution is 2.07. The molecule has 0 aliphatic carbocycles. The lowest BCUT2D eigenvalue weighted by Crippen LogP contribution is -2.30. The van der Waals surface area contributed by atoms with Crippen LogP contribution in [0.5, 0.6) is 0 Å². The third-order valence-electron chi connectivity index (χ3n) is 3.45. The van der Waals surface area contributed by atoms with Crippen LogP contribution in [0, 0.1) is 31.1 Å². The van der Waals surface area contributed by atoms with Crippen LogP contribution in [0.3, 0.4) is 0 Å². The van der Waals surface area contributed by atoms with Gasteiger partial charge >= 0.3 is 0 Å². The molecule has 5 heteroatoms. The Hall–Kier alpha value is -2.61. The number of hydrogen-bond donors (Lipinski definition) is 1. The van der Waals surface area contributed by atoms with Crippen molar-refractivity contribution < 1.29 is 4.79 Å². The molecule has 2 rings (SSSR count). The molecule has 22 heavy (non-hydrogen) atoms. The zero-order valence-corrected chi connectivity index (χ0v) is 13.1. The normalized spacial score (nSPS) is 11.7. The van der Waals surface area contributed by atoms with E-state index in [0.717, 1.165) is 17.9 Å². The number of hydrogen-bond acceptors (Lipinski definition) is 3. The van der Waals surface area contributed by atoms with Gasteiger partial charge in [0.1, 0.15) is 0 Å². The van der Waals surface area contributed by atoms with Crippen molar-refractivity contribution in [2.24, 2.45) is 5.92 Å². The molecule has 114 valence electrons. The molecule has 0 bridgehead atoms. The number of nitrogens with one attached hydrogen (secondary N) is 1. The van der Waals surface area contributed by atoms with Gasteiger partial charge in [0, 0.05) is 24.3 Å². The lowest BCUT2D eigenvalue weighted by Gasteiger charge is -2.14. The molecule has 1 atom stereocenters. The molecule has 0 unspecified atom stereocenters. The van der Waals surface area contributed by atoms with Crippen LogP contribution in [0.4, 0.5) is 0 Å². The Labute approximate surface area is 130 Å². The molecular formula is C17H20N4O. The van der Waals surface area contributed by atoms with Gasteiger partial charge in [-0.15, -0.1) is 0 Å². The van der Waals surface area contributed by atoms with E-state index < -0.39 is 0 Å². The van der Waals surface area contributed by atoms with Gasteiger partial charge in [-0.1, -0.05) is 13.0 Å². The summed E-state index contributed by atoms with van der Waals surface area (Å²) in [6, 6.07) is 10.8. The van der Waals surface area contributed by atoms with Crippen molar-refractivity contribution in [3.05, 3.63) is 52.8 Å². The van der Waals surface area contributed by atoms with E-state index >= 15 is 0 Å². The molecule has 2 aromatic rings. The zero-order valence-electron chi connectivity index (χ0n) is 13.1. The lowest BCUT2D eigenvalue weighted by atomic mass is 10.1. The summed E-state index contributed by atoms with van der Waals surface area (Å²) < 4.78 is 1.96. The summed E-state index contributed by atoms with van der Waals surface area (Å²) in [4.78, 5) is 12.1. The maximum atomic E-state index is 12.1. The standard InChI is InChI=1S/C17H20N4O/c1-12(11-21-14(3)7-13(2)20-21)10-19-17(22)16-6-4-5-15(8-16)9-18/h4-8,12H,10-11H2,1-3H3,(H,19,22)/t12-/m0/s1. The van der Waals surface area contributed by atoms with Gasteiger partial charge in [-0.05, 0) is 44.0 Å². The number of carbonyl (C=O) groups is 1. The van der Waals surface area contributed by atoms with Gasteiger partial charge in [0.25, 0.3) is 5.91 Å². The third kappa shape index (κ3) is 3.95. The van der Waals surface area contributed by atoms with Crippen molar-refractivity contribution >= 4 is 5.91 Å². The summed E-state index contributed by atoms with van der Waals surface area (Å²) >= 11 is 0. The zero-order chi connectivity index (χ0) is 16.1. The smallest absolute Gasteiger partial charge is 0.251 e. The number of amides is 1. The van der Waals surface area contributed by atoms with Gasteiger partial charge in [0.05, 0.1) is 17.3 Å². The van der Waals surface area contributed by atoms with Crippen LogP contribution in [-0.4, -0.2) is 22.2 Å². The topological polar surface area (TPSA) is 70.7 Å². The second-order valence-electron chi connectivity index (χ2n) is 5.62. The predicted molar refractivity (Wildman–Crippen MR) is 84.4 cm³/mol. The van der Waals surface area contributed by atoms with Crippen LogP contribution >= 0.6 is 0 Å². The Kier molecular flexibility index (Phi) is 4.95. The minimum atomic E-state index is -0.155. The molecule has 1 aromatic carbocycles. The Morgan fingerprint density at radius 2 is 2.18 bits per heavy atom. The second kappa shape index (κ2) is 6.90. The van der Waals surface area contributed by atoms with E-state index in [1.165, 1.54) is 0 Å². The number of nitriles is 1. The molecule has 0 radical (unpaired) electrons. The Morgan fingerprint density at radius 3 is 2.82 bits per heavy atom.